The fourth-order valence-electron chi connectivity index (χ4n) is 3.42. The summed E-state index contributed by atoms with van der Waals surface area (Å²) < 4.78 is 5.32. The number of hydrogen-bond donors (Lipinski definition) is 2. The molecule has 0 radical (unpaired) electrons. The molecule has 2 amide bonds. The highest BCUT2D eigenvalue weighted by atomic mass is 16.6. The molecule has 1 aromatic rings. The zero-order chi connectivity index (χ0) is 20.9. The van der Waals surface area contributed by atoms with Crippen molar-refractivity contribution in [2.45, 2.75) is 78.0 Å². The van der Waals surface area contributed by atoms with E-state index in [2.05, 4.69) is 35.4 Å². The third kappa shape index (κ3) is 6.51. The van der Waals surface area contributed by atoms with Crippen molar-refractivity contribution in [2.24, 2.45) is 0 Å². The van der Waals surface area contributed by atoms with Gasteiger partial charge in [-0.1, -0.05) is 32.0 Å². The first kappa shape index (κ1) is 22.2. The molecule has 2 N–H and O–H groups in total. The van der Waals surface area contributed by atoms with Crippen molar-refractivity contribution in [3.63, 3.8) is 0 Å². The molecule has 1 heterocycles. The molecule has 1 aliphatic heterocycles. The van der Waals surface area contributed by atoms with E-state index in [1.165, 1.54) is 0 Å². The second-order valence-corrected chi connectivity index (χ2v) is 8.86. The molecule has 1 fully saturated rings. The van der Waals surface area contributed by atoms with Crippen LogP contribution in [-0.2, 0) is 9.53 Å². The van der Waals surface area contributed by atoms with Crippen LogP contribution in [0.15, 0.2) is 24.3 Å². The summed E-state index contributed by atoms with van der Waals surface area (Å²) in [5, 5.41) is 6.02. The summed E-state index contributed by atoms with van der Waals surface area (Å²) in [6.45, 7) is 13.3. The summed E-state index contributed by atoms with van der Waals surface area (Å²) in [6.07, 6.45) is 1.24. The van der Waals surface area contributed by atoms with Crippen molar-refractivity contribution in [1.29, 1.82) is 0 Å². The van der Waals surface area contributed by atoms with Crippen LogP contribution in [0.25, 0.3) is 0 Å². The molecule has 0 bridgehead atoms. The lowest BCUT2D eigenvalue weighted by molar-refractivity contribution is -0.121. The number of carbonyl (C=O) groups excluding carboxylic acids is 2. The number of alkyl carbamates (subject to hydrolysis) is 1. The number of para-hydroxylation sites is 1. The highest BCUT2D eigenvalue weighted by molar-refractivity contribution is 5.95. The molecule has 0 aromatic heterocycles. The second-order valence-electron chi connectivity index (χ2n) is 8.86. The molecule has 6 nitrogen and oxygen atoms in total. The fraction of sp³-hybridized carbons (Fsp3) is 0.636. The standard InChI is InChI=1S/C22H35N3O3/c1-15(2)18-9-7-8-10-19(18)24-20(26)16(3)25-13-11-17(12-14-25)23-21(27)28-22(4,5)6/h7-10,15-17H,11-14H2,1-6H3,(H,23,27)(H,24,26). The van der Waals surface area contributed by atoms with Crippen LogP contribution in [0.4, 0.5) is 10.5 Å². The minimum absolute atomic E-state index is 0.00616. The molecule has 156 valence electrons. The Morgan fingerprint density at radius 1 is 1.11 bits per heavy atom. The molecule has 2 rings (SSSR count). The zero-order valence-electron chi connectivity index (χ0n) is 18.0. The van der Waals surface area contributed by atoms with E-state index in [9.17, 15) is 9.59 Å². The Kier molecular flexibility index (Phi) is 7.47. The van der Waals surface area contributed by atoms with Crippen LogP contribution in [0.3, 0.4) is 0 Å². The van der Waals surface area contributed by atoms with Gasteiger partial charge in [-0.15, -0.1) is 0 Å². The molecule has 0 aliphatic carbocycles. The first-order valence-electron chi connectivity index (χ1n) is 10.2. The number of nitrogens with zero attached hydrogens (tertiary/aromatic N) is 1. The molecule has 1 aliphatic rings. The molecule has 1 saturated heterocycles. The van der Waals surface area contributed by atoms with Crippen molar-refractivity contribution in [3.05, 3.63) is 29.8 Å². The normalized spacial score (nSPS) is 17.2. The predicted molar refractivity (Wildman–Crippen MR) is 113 cm³/mol. The molecule has 28 heavy (non-hydrogen) atoms. The summed E-state index contributed by atoms with van der Waals surface area (Å²) in [6, 6.07) is 7.82. The monoisotopic (exact) mass is 389 g/mol. The van der Waals surface area contributed by atoms with E-state index in [1.807, 2.05) is 45.9 Å². The van der Waals surface area contributed by atoms with E-state index >= 15 is 0 Å². The van der Waals surface area contributed by atoms with E-state index in [4.69, 9.17) is 4.74 Å². The molecule has 6 heteroatoms. The van der Waals surface area contributed by atoms with Crippen LogP contribution >= 0.6 is 0 Å². The first-order valence-corrected chi connectivity index (χ1v) is 10.2. The number of likely N-dealkylation sites (tertiary alicyclic amines) is 1. The van der Waals surface area contributed by atoms with Gasteiger partial charge in [0.25, 0.3) is 0 Å². The largest absolute Gasteiger partial charge is 0.444 e. The molecule has 0 spiro atoms. The topological polar surface area (TPSA) is 70.7 Å². The van der Waals surface area contributed by atoms with Crippen LogP contribution in [0, 0.1) is 0 Å². The van der Waals surface area contributed by atoms with Crippen molar-refractivity contribution in [2.75, 3.05) is 18.4 Å². The summed E-state index contributed by atoms with van der Waals surface area (Å²) in [5.41, 5.74) is 1.53. The minimum atomic E-state index is -0.496. The lowest BCUT2D eigenvalue weighted by Gasteiger charge is -2.35. The number of carbonyl (C=O) groups is 2. The fourth-order valence-corrected chi connectivity index (χ4v) is 3.42. The number of rotatable bonds is 5. The Labute approximate surface area is 169 Å². The van der Waals surface area contributed by atoms with E-state index in [0.717, 1.165) is 37.2 Å². The Balaban J connectivity index is 1.85. The second kappa shape index (κ2) is 9.41. The summed E-state index contributed by atoms with van der Waals surface area (Å²) in [7, 11) is 0. The van der Waals surface area contributed by atoms with Gasteiger partial charge in [-0.05, 0) is 58.1 Å². The summed E-state index contributed by atoms with van der Waals surface area (Å²) >= 11 is 0. The third-order valence-corrected chi connectivity index (χ3v) is 5.02. The first-order chi connectivity index (χ1) is 13.1. The number of ether oxygens (including phenoxy) is 1. The molecular formula is C22H35N3O3. The average molecular weight is 390 g/mol. The maximum atomic E-state index is 12.8. The van der Waals surface area contributed by atoms with Gasteiger partial charge in [-0.25, -0.2) is 4.79 Å². The lowest BCUT2D eigenvalue weighted by atomic mass is 10.0. The smallest absolute Gasteiger partial charge is 0.407 e. The van der Waals surface area contributed by atoms with Gasteiger partial charge in [0.15, 0.2) is 0 Å². The van der Waals surface area contributed by atoms with Gasteiger partial charge in [0.2, 0.25) is 5.91 Å². The minimum Gasteiger partial charge on any atom is -0.444 e. The Bertz CT molecular complexity index is 674. The van der Waals surface area contributed by atoms with Gasteiger partial charge in [0.05, 0.1) is 6.04 Å². The van der Waals surface area contributed by atoms with Gasteiger partial charge in [0, 0.05) is 24.8 Å². The number of piperidine rings is 1. The maximum Gasteiger partial charge on any atom is 0.407 e. The predicted octanol–water partition coefficient (Wildman–Crippen LogP) is 4.13. The van der Waals surface area contributed by atoms with Crippen LogP contribution in [0.2, 0.25) is 0 Å². The van der Waals surface area contributed by atoms with Crippen LogP contribution < -0.4 is 10.6 Å². The van der Waals surface area contributed by atoms with Crippen molar-refractivity contribution in [3.8, 4) is 0 Å². The van der Waals surface area contributed by atoms with Gasteiger partial charge < -0.3 is 15.4 Å². The molecular weight excluding hydrogens is 354 g/mol. The SMILES string of the molecule is CC(C)c1ccccc1NC(=O)C(C)N1CCC(NC(=O)OC(C)(C)C)CC1. The number of amides is 2. The number of anilines is 1. The lowest BCUT2D eigenvalue weighted by Crippen LogP contribution is -2.51. The van der Waals surface area contributed by atoms with Gasteiger partial charge in [-0.2, -0.15) is 0 Å². The van der Waals surface area contributed by atoms with Crippen molar-refractivity contribution < 1.29 is 14.3 Å². The van der Waals surface area contributed by atoms with Crippen molar-refractivity contribution in [1.82, 2.24) is 10.2 Å². The van der Waals surface area contributed by atoms with E-state index in [-0.39, 0.29) is 24.1 Å². The molecule has 1 atom stereocenters. The summed E-state index contributed by atoms with van der Waals surface area (Å²) in [4.78, 5) is 26.9. The molecule has 1 aromatic carbocycles. The highest BCUT2D eigenvalue weighted by Gasteiger charge is 2.28. The van der Waals surface area contributed by atoms with Crippen molar-refractivity contribution >= 4 is 17.7 Å². The van der Waals surface area contributed by atoms with Gasteiger partial charge in [-0.3, -0.25) is 9.69 Å². The van der Waals surface area contributed by atoms with E-state index in [1.54, 1.807) is 0 Å². The molecule has 0 saturated carbocycles. The van der Waals surface area contributed by atoms with Gasteiger partial charge >= 0.3 is 6.09 Å². The van der Waals surface area contributed by atoms with Crippen LogP contribution in [-0.4, -0.2) is 47.7 Å². The molecule has 1 unspecified atom stereocenters. The van der Waals surface area contributed by atoms with Gasteiger partial charge in [0.1, 0.15) is 5.60 Å². The Morgan fingerprint density at radius 2 is 1.71 bits per heavy atom. The quantitative estimate of drug-likeness (QED) is 0.794. The van der Waals surface area contributed by atoms with Crippen LogP contribution in [0.5, 0.6) is 0 Å². The maximum absolute atomic E-state index is 12.8. The van der Waals surface area contributed by atoms with E-state index < -0.39 is 5.60 Å². The Hall–Kier alpha value is -2.08. The zero-order valence-corrected chi connectivity index (χ0v) is 18.0. The van der Waals surface area contributed by atoms with E-state index in [0.29, 0.717) is 5.92 Å². The average Bonchev–Trinajstić information content (AvgIpc) is 2.60. The number of benzene rings is 1. The number of hydrogen-bond acceptors (Lipinski definition) is 4. The highest BCUT2D eigenvalue weighted by Crippen LogP contribution is 2.24. The Morgan fingerprint density at radius 3 is 2.29 bits per heavy atom. The third-order valence-electron chi connectivity index (χ3n) is 5.02. The number of nitrogens with one attached hydrogen (secondary N) is 2. The van der Waals surface area contributed by atoms with Crippen LogP contribution in [0.1, 0.15) is 65.9 Å². The summed E-state index contributed by atoms with van der Waals surface area (Å²) in [5.74, 6) is 0.355.